The Hall–Kier alpha value is -1.12. The minimum absolute atomic E-state index is 0.397. The van der Waals surface area contributed by atoms with Gasteiger partial charge in [0.05, 0.1) is 11.9 Å². The molecule has 0 amide bonds. The van der Waals surface area contributed by atoms with Gasteiger partial charge in [-0.3, -0.25) is 4.98 Å². The van der Waals surface area contributed by atoms with Crippen LogP contribution in [0.15, 0.2) is 12.4 Å². The highest BCUT2D eigenvalue weighted by molar-refractivity contribution is 5.32. The van der Waals surface area contributed by atoms with Crippen LogP contribution >= 0.6 is 0 Å². The van der Waals surface area contributed by atoms with Crippen LogP contribution in [0.2, 0.25) is 0 Å². The summed E-state index contributed by atoms with van der Waals surface area (Å²) in [7, 11) is 0. The fourth-order valence-electron chi connectivity index (χ4n) is 1.51. The molecular formula is C13H23N3. The molecule has 1 unspecified atom stereocenters. The Labute approximate surface area is 98.7 Å². The third-order valence-electron chi connectivity index (χ3n) is 2.48. The monoisotopic (exact) mass is 221 g/mol. The van der Waals surface area contributed by atoms with E-state index in [4.69, 9.17) is 0 Å². The fourth-order valence-corrected chi connectivity index (χ4v) is 1.51. The van der Waals surface area contributed by atoms with Crippen molar-refractivity contribution in [1.82, 2.24) is 9.97 Å². The summed E-state index contributed by atoms with van der Waals surface area (Å²) in [6.45, 7) is 11.0. The third kappa shape index (κ3) is 5.10. The van der Waals surface area contributed by atoms with E-state index in [0.717, 1.165) is 17.9 Å². The van der Waals surface area contributed by atoms with Gasteiger partial charge < -0.3 is 5.32 Å². The van der Waals surface area contributed by atoms with E-state index in [1.165, 1.54) is 6.42 Å². The van der Waals surface area contributed by atoms with Crippen LogP contribution < -0.4 is 5.32 Å². The number of nitrogens with one attached hydrogen (secondary N) is 1. The molecule has 3 heteroatoms. The number of hydrogen-bond acceptors (Lipinski definition) is 3. The summed E-state index contributed by atoms with van der Waals surface area (Å²) in [5.74, 6) is 0.876. The largest absolute Gasteiger partial charge is 0.366 e. The minimum atomic E-state index is 0.397. The summed E-state index contributed by atoms with van der Waals surface area (Å²) in [6.07, 6.45) is 5.91. The highest BCUT2D eigenvalue weighted by Gasteiger charge is 2.12. The first-order valence-electron chi connectivity index (χ1n) is 5.92. The standard InChI is InChI=1S/C13H23N3/c1-10(6-7-13(3,4)5)15-12-9-14-8-11(2)16-12/h8-10H,6-7H2,1-5H3,(H,15,16). The molecule has 1 atom stereocenters. The first-order chi connectivity index (χ1) is 7.37. The summed E-state index contributed by atoms with van der Waals surface area (Å²) in [4.78, 5) is 8.51. The van der Waals surface area contributed by atoms with Gasteiger partial charge in [0.15, 0.2) is 0 Å². The van der Waals surface area contributed by atoms with E-state index in [-0.39, 0.29) is 0 Å². The highest BCUT2D eigenvalue weighted by Crippen LogP contribution is 2.22. The van der Waals surface area contributed by atoms with Crippen LogP contribution in [0.5, 0.6) is 0 Å². The van der Waals surface area contributed by atoms with Gasteiger partial charge in [-0.2, -0.15) is 0 Å². The molecule has 1 rings (SSSR count). The van der Waals surface area contributed by atoms with Gasteiger partial charge in [-0.05, 0) is 32.1 Å². The van der Waals surface area contributed by atoms with E-state index in [2.05, 4.69) is 43.0 Å². The summed E-state index contributed by atoms with van der Waals surface area (Å²) < 4.78 is 0. The van der Waals surface area contributed by atoms with Gasteiger partial charge in [0.2, 0.25) is 0 Å². The lowest BCUT2D eigenvalue weighted by molar-refractivity contribution is 0.356. The van der Waals surface area contributed by atoms with E-state index in [9.17, 15) is 0 Å². The molecule has 1 aromatic rings. The third-order valence-corrected chi connectivity index (χ3v) is 2.48. The average molecular weight is 221 g/mol. The second-order valence-electron chi connectivity index (χ2n) is 5.69. The van der Waals surface area contributed by atoms with Crippen molar-refractivity contribution in [1.29, 1.82) is 0 Å². The SMILES string of the molecule is Cc1cncc(NC(C)CCC(C)(C)C)n1. The topological polar surface area (TPSA) is 37.8 Å². The van der Waals surface area contributed by atoms with Gasteiger partial charge in [-0.15, -0.1) is 0 Å². The zero-order valence-electron chi connectivity index (χ0n) is 11.0. The van der Waals surface area contributed by atoms with Crippen molar-refractivity contribution in [3.8, 4) is 0 Å². The smallest absolute Gasteiger partial charge is 0.144 e. The molecule has 0 fully saturated rings. The normalized spacial score (nSPS) is 13.6. The number of aromatic nitrogens is 2. The van der Waals surface area contributed by atoms with Crippen LogP contribution in [0.25, 0.3) is 0 Å². The average Bonchev–Trinajstić information content (AvgIpc) is 2.14. The van der Waals surface area contributed by atoms with E-state index >= 15 is 0 Å². The molecule has 0 aliphatic carbocycles. The van der Waals surface area contributed by atoms with Gasteiger partial charge in [-0.25, -0.2) is 4.98 Å². The van der Waals surface area contributed by atoms with Crippen molar-refractivity contribution < 1.29 is 0 Å². The Balaban J connectivity index is 2.43. The molecule has 90 valence electrons. The minimum Gasteiger partial charge on any atom is -0.366 e. The maximum Gasteiger partial charge on any atom is 0.144 e. The number of aryl methyl sites for hydroxylation is 1. The predicted molar refractivity (Wildman–Crippen MR) is 68.5 cm³/mol. The van der Waals surface area contributed by atoms with E-state index in [0.29, 0.717) is 11.5 Å². The predicted octanol–water partition coefficient (Wildman–Crippen LogP) is 3.41. The fraction of sp³-hybridized carbons (Fsp3) is 0.692. The van der Waals surface area contributed by atoms with Gasteiger partial charge >= 0.3 is 0 Å². The van der Waals surface area contributed by atoms with E-state index in [1.807, 2.05) is 6.92 Å². The van der Waals surface area contributed by atoms with Gasteiger partial charge in [0.1, 0.15) is 5.82 Å². The number of hydrogen-bond donors (Lipinski definition) is 1. The number of nitrogens with zero attached hydrogens (tertiary/aromatic N) is 2. The van der Waals surface area contributed by atoms with Crippen LogP contribution in [-0.2, 0) is 0 Å². The first-order valence-corrected chi connectivity index (χ1v) is 5.92. The van der Waals surface area contributed by atoms with Crippen molar-refractivity contribution in [3.05, 3.63) is 18.1 Å². The maximum absolute atomic E-state index is 4.38. The molecule has 0 bridgehead atoms. The molecular weight excluding hydrogens is 198 g/mol. The maximum atomic E-state index is 4.38. The van der Waals surface area contributed by atoms with Gasteiger partial charge in [0, 0.05) is 12.2 Å². The zero-order valence-corrected chi connectivity index (χ0v) is 11.0. The van der Waals surface area contributed by atoms with Crippen molar-refractivity contribution >= 4 is 5.82 Å². The van der Waals surface area contributed by atoms with Crippen LogP contribution in [0.1, 0.15) is 46.2 Å². The molecule has 3 nitrogen and oxygen atoms in total. The first kappa shape index (κ1) is 12.9. The Morgan fingerprint density at radius 2 is 2.00 bits per heavy atom. The molecule has 0 aliphatic heterocycles. The molecule has 0 aromatic carbocycles. The molecule has 0 saturated heterocycles. The second kappa shape index (κ2) is 5.28. The summed E-state index contributed by atoms with van der Waals surface area (Å²) >= 11 is 0. The van der Waals surface area contributed by atoms with Gasteiger partial charge in [0.25, 0.3) is 0 Å². The van der Waals surface area contributed by atoms with E-state index in [1.54, 1.807) is 12.4 Å². The molecule has 0 saturated carbocycles. The van der Waals surface area contributed by atoms with Crippen LogP contribution in [0, 0.1) is 12.3 Å². The van der Waals surface area contributed by atoms with Crippen molar-refractivity contribution in [2.24, 2.45) is 5.41 Å². The molecule has 16 heavy (non-hydrogen) atoms. The molecule has 1 N–H and O–H groups in total. The van der Waals surface area contributed by atoms with Crippen molar-refractivity contribution in [2.75, 3.05) is 5.32 Å². The quantitative estimate of drug-likeness (QED) is 0.846. The Morgan fingerprint density at radius 3 is 2.56 bits per heavy atom. The van der Waals surface area contributed by atoms with Crippen LogP contribution in [-0.4, -0.2) is 16.0 Å². The van der Waals surface area contributed by atoms with Gasteiger partial charge in [-0.1, -0.05) is 20.8 Å². The summed E-state index contributed by atoms with van der Waals surface area (Å²) in [6, 6.07) is 0.440. The summed E-state index contributed by atoms with van der Waals surface area (Å²) in [5, 5.41) is 3.38. The summed E-state index contributed by atoms with van der Waals surface area (Å²) in [5.41, 5.74) is 1.35. The van der Waals surface area contributed by atoms with Crippen LogP contribution in [0.3, 0.4) is 0 Å². The molecule has 1 aromatic heterocycles. The Kier molecular flexibility index (Phi) is 4.27. The lowest BCUT2D eigenvalue weighted by Gasteiger charge is -2.21. The zero-order chi connectivity index (χ0) is 12.2. The Morgan fingerprint density at radius 1 is 1.31 bits per heavy atom. The lowest BCUT2D eigenvalue weighted by atomic mass is 9.89. The highest BCUT2D eigenvalue weighted by atomic mass is 15.0. The second-order valence-corrected chi connectivity index (χ2v) is 5.69. The number of rotatable bonds is 4. The molecule has 0 spiro atoms. The lowest BCUT2D eigenvalue weighted by Crippen LogP contribution is -2.19. The van der Waals surface area contributed by atoms with Crippen molar-refractivity contribution in [3.63, 3.8) is 0 Å². The molecule has 1 heterocycles. The van der Waals surface area contributed by atoms with Crippen LogP contribution in [0.4, 0.5) is 5.82 Å². The van der Waals surface area contributed by atoms with Crippen molar-refractivity contribution in [2.45, 2.75) is 53.5 Å². The molecule has 0 aliphatic rings. The number of anilines is 1. The van der Waals surface area contributed by atoms with E-state index < -0.39 is 0 Å². The Bertz CT molecular complexity index is 328. The molecule has 0 radical (unpaired) electrons.